The number of hydrogen-bond acceptors (Lipinski definition) is 6. The monoisotopic (exact) mass is 352 g/mol. The van der Waals surface area contributed by atoms with Gasteiger partial charge in [0.1, 0.15) is 28.8 Å². The predicted molar refractivity (Wildman–Crippen MR) is 98.7 cm³/mol. The number of aryl methyl sites for hydroxylation is 4. The number of hydrogen-bond donors (Lipinski definition) is 0. The Morgan fingerprint density at radius 1 is 0.962 bits per heavy atom. The summed E-state index contributed by atoms with van der Waals surface area (Å²) in [5, 5.41) is 0. The number of Topliss-reactive ketones (excluding diaryl/α,β-unsaturated/α-hetero) is 1. The largest absolute Gasteiger partial charge is 0.492 e. The minimum Gasteiger partial charge on any atom is -0.492 e. The van der Waals surface area contributed by atoms with Crippen LogP contribution in [0, 0.1) is 13.8 Å². The number of carbonyl (C=O) groups excluding carboxylic acids is 1. The first kappa shape index (κ1) is 18.2. The van der Waals surface area contributed by atoms with Crippen LogP contribution < -0.4 is 0 Å². The molecule has 2 aliphatic rings. The summed E-state index contributed by atoms with van der Waals surface area (Å²) in [6.45, 7) is 6.39. The number of nitrogens with zero attached hydrogens (tertiary/aromatic N) is 4. The van der Waals surface area contributed by atoms with Crippen molar-refractivity contribution in [3.63, 3.8) is 0 Å². The van der Waals surface area contributed by atoms with Crippen molar-refractivity contribution in [2.45, 2.75) is 52.9 Å². The fourth-order valence-corrected chi connectivity index (χ4v) is 3.11. The van der Waals surface area contributed by atoms with E-state index in [1.54, 1.807) is 6.20 Å². The zero-order chi connectivity index (χ0) is 18.5. The summed E-state index contributed by atoms with van der Waals surface area (Å²) in [6.07, 6.45) is 10.4. The normalized spacial score (nSPS) is 15.2. The van der Waals surface area contributed by atoms with E-state index in [1.165, 1.54) is 5.56 Å². The van der Waals surface area contributed by atoms with E-state index in [9.17, 15) is 4.79 Å². The Balaban J connectivity index is 0.000000152. The van der Waals surface area contributed by atoms with Crippen LogP contribution in [0.1, 0.15) is 65.1 Å². The van der Waals surface area contributed by atoms with Gasteiger partial charge in [0.2, 0.25) is 0 Å². The molecule has 2 aliphatic carbocycles. The lowest BCUT2D eigenvalue weighted by Gasteiger charge is -2.16. The molecule has 6 nitrogen and oxygen atoms in total. The average molecular weight is 352 g/mol. The van der Waals surface area contributed by atoms with Crippen LogP contribution in [0.4, 0.5) is 0 Å². The van der Waals surface area contributed by atoms with Crippen molar-refractivity contribution in [3.8, 4) is 0 Å². The van der Waals surface area contributed by atoms with Gasteiger partial charge in [-0.15, -0.1) is 0 Å². The van der Waals surface area contributed by atoms with Gasteiger partial charge in [0.05, 0.1) is 6.61 Å². The first-order chi connectivity index (χ1) is 12.6. The summed E-state index contributed by atoms with van der Waals surface area (Å²) < 4.78 is 5.54. The Morgan fingerprint density at radius 3 is 2.31 bits per heavy atom. The molecule has 0 aromatic carbocycles. The maximum absolute atomic E-state index is 11.3. The van der Waals surface area contributed by atoms with Gasteiger partial charge in [0.15, 0.2) is 5.78 Å². The topological polar surface area (TPSA) is 77.9 Å². The van der Waals surface area contributed by atoms with E-state index in [4.69, 9.17) is 4.74 Å². The van der Waals surface area contributed by atoms with E-state index >= 15 is 0 Å². The van der Waals surface area contributed by atoms with E-state index in [0.717, 1.165) is 48.5 Å². The molecular formula is C20H24N4O2. The molecule has 4 rings (SSSR count). The van der Waals surface area contributed by atoms with Gasteiger partial charge >= 0.3 is 0 Å². The van der Waals surface area contributed by atoms with Crippen molar-refractivity contribution in [3.05, 3.63) is 52.6 Å². The third-order valence-electron chi connectivity index (χ3n) is 4.36. The Bertz CT molecular complexity index is 846. The number of ether oxygens (including phenoxy) is 1. The quantitative estimate of drug-likeness (QED) is 0.824. The van der Waals surface area contributed by atoms with E-state index in [-0.39, 0.29) is 5.78 Å². The van der Waals surface area contributed by atoms with Crippen LogP contribution in [0.25, 0.3) is 5.76 Å². The SMILES string of the molecule is CCOC1=CCCc2cnc(C)nc21.Cc1ncc2c(n1)C(=O)CCC2. The van der Waals surface area contributed by atoms with Crippen LogP contribution in [0.2, 0.25) is 0 Å². The molecule has 0 spiro atoms. The molecule has 0 amide bonds. The molecule has 2 aromatic heterocycles. The highest BCUT2D eigenvalue weighted by Crippen LogP contribution is 2.24. The smallest absolute Gasteiger partial charge is 0.181 e. The van der Waals surface area contributed by atoms with Crippen molar-refractivity contribution >= 4 is 11.5 Å². The first-order valence-corrected chi connectivity index (χ1v) is 9.10. The predicted octanol–water partition coefficient (Wildman–Crippen LogP) is 3.41. The fourth-order valence-electron chi connectivity index (χ4n) is 3.11. The molecule has 26 heavy (non-hydrogen) atoms. The molecule has 136 valence electrons. The van der Waals surface area contributed by atoms with Gasteiger partial charge in [-0.3, -0.25) is 4.79 Å². The molecule has 0 N–H and O–H groups in total. The number of allylic oxidation sites excluding steroid dienone is 1. The Kier molecular flexibility index (Phi) is 5.71. The van der Waals surface area contributed by atoms with E-state index < -0.39 is 0 Å². The zero-order valence-corrected chi connectivity index (χ0v) is 15.6. The number of ketones is 1. The number of carbonyl (C=O) groups is 1. The molecule has 0 atom stereocenters. The van der Waals surface area contributed by atoms with Crippen LogP contribution in [-0.2, 0) is 17.6 Å². The highest BCUT2D eigenvalue weighted by atomic mass is 16.5. The number of fused-ring (bicyclic) bond motifs is 2. The molecule has 0 saturated carbocycles. The molecule has 2 heterocycles. The summed E-state index contributed by atoms with van der Waals surface area (Å²) in [7, 11) is 0. The molecule has 0 saturated heterocycles. The molecular weight excluding hydrogens is 328 g/mol. The van der Waals surface area contributed by atoms with Crippen molar-refractivity contribution in [2.75, 3.05) is 6.61 Å². The van der Waals surface area contributed by atoms with Gasteiger partial charge in [-0.05, 0) is 58.1 Å². The standard InChI is InChI=1S/C11H14N2O.C9H10N2O/c1-3-14-10-6-4-5-9-7-12-8(2)13-11(9)10;1-6-10-5-7-3-2-4-8(12)9(7)11-6/h6-7H,3-5H2,1-2H3;5H,2-4H2,1H3. The van der Waals surface area contributed by atoms with Crippen LogP contribution >= 0.6 is 0 Å². The Labute approximate surface area is 153 Å². The molecule has 0 unspecified atom stereocenters. The van der Waals surface area contributed by atoms with Gasteiger partial charge in [-0.25, -0.2) is 19.9 Å². The summed E-state index contributed by atoms with van der Waals surface area (Å²) >= 11 is 0. The summed E-state index contributed by atoms with van der Waals surface area (Å²) in [5.41, 5.74) is 3.83. The Hall–Kier alpha value is -2.63. The molecule has 0 fully saturated rings. The minimum atomic E-state index is 0.168. The van der Waals surface area contributed by atoms with Gasteiger partial charge < -0.3 is 4.74 Å². The highest BCUT2D eigenvalue weighted by Gasteiger charge is 2.18. The lowest BCUT2D eigenvalue weighted by Crippen LogP contribution is -2.14. The van der Waals surface area contributed by atoms with Crippen molar-refractivity contribution in [2.24, 2.45) is 0 Å². The van der Waals surface area contributed by atoms with Crippen LogP contribution in [0.5, 0.6) is 0 Å². The second-order valence-corrected chi connectivity index (χ2v) is 6.40. The maximum Gasteiger partial charge on any atom is 0.181 e. The van der Waals surface area contributed by atoms with Crippen LogP contribution in [0.15, 0.2) is 18.5 Å². The average Bonchev–Trinajstić information content (AvgIpc) is 2.64. The third kappa shape index (κ3) is 4.12. The van der Waals surface area contributed by atoms with E-state index in [0.29, 0.717) is 24.5 Å². The summed E-state index contributed by atoms with van der Waals surface area (Å²) in [4.78, 5) is 28.1. The van der Waals surface area contributed by atoms with Crippen molar-refractivity contribution < 1.29 is 9.53 Å². The van der Waals surface area contributed by atoms with E-state index in [1.807, 2.05) is 27.0 Å². The highest BCUT2D eigenvalue weighted by molar-refractivity contribution is 5.96. The van der Waals surface area contributed by atoms with E-state index in [2.05, 4.69) is 26.0 Å². The second kappa shape index (κ2) is 8.17. The molecule has 0 aliphatic heterocycles. The zero-order valence-electron chi connectivity index (χ0n) is 15.6. The summed E-state index contributed by atoms with van der Waals surface area (Å²) in [6, 6.07) is 0. The second-order valence-electron chi connectivity index (χ2n) is 6.40. The van der Waals surface area contributed by atoms with Gasteiger partial charge in [-0.1, -0.05) is 0 Å². The lowest BCUT2D eigenvalue weighted by atomic mass is 9.96. The summed E-state index contributed by atoms with van der Waals surface area (Å²) in [5.74, 6) is 2.57. The molecule has 0 radical (unpaired) electrons. The molecule has 6 heteroatoms. The number of rotatable bonds is 2. The molecule has 0 bridgehead atoms. The minimum absolute atomic E-state index is 0.168. The van der Waals surface area contributed by atoms with Gasteiger partial charge in [0, 0.05) is 24.4 Å². The van der Waals surface area contributed by atoms with Gasteiger partial charge in [-0.2, -0.15) is 0 Å². The van der Waals surface area contributed by atoms with Crippen molar-refractivity contribution in [1.82, 2.24) is 19.9 Å². The number of aromatic nitrogens is 4. The third-order valence-corrected chi connectivity index (χ3v) is 4.36. The van der Waals surface area contributed by atoms with Crippen LogP contribution in [0.3, 0.4) is 0 Å². The first-order valence-electron chi connectivity index (χ1n) is 9.10. The van der Waals surface area contributed by atoms with Gasteiger partial charge in [0.25, 0.3) is 0 Å². The maximum atomic E-state index is 11.3. The molecule has 2 aromatic rings. The lowest BCUT2D eigenvalue weighted by molar-refractivity contribution is 0.0966. The van der Waals surface area contributed by atoms with Crippen molar-refractivity contribution in [1.29, 1.82) is 0 Å². The Morgan fingerprint density at radius 2 is 1.62 bits per heavy atom. The fraction of sp³-hybridized carbons (Fsp3) is 0.450. The van der Waals surface area contributed by atoms with Crippen LogP contribution in [-0.4, -0.2) is 32.3 Å².